The van der Waals surface area contributed by atoms with Gasteiger partial charge in [0.05, 0.1) is 4.90 Å². The van der Waals surface area contributed by atoms with E-state index in [0.717, 1.165) is 22.9 Å². The number of carbonyl (C=O) groups is 2. The van der Waals surface area contributed by atoms with E-state index in [1.807, 2.05) is 0 Å². The van der Waals surface area contributed by atoms with Crippen molar-refractivity contribution in [3.63, 3.8) is 0 Å². The van der Waals surface area contributed by atoms with Crippen LogP contribution in [0.25, 0.3) is 0 Å². The molecule has 142 valence electrons. The van der Waals surface area contributed by atoms with E-state index in [2.05, 4.69) is 16.0 Å². The highest BCUT2D eigenvalue weighted by Gasteiger charge is 2.39. The van der Waals surface area contributed by atoms with Crippen molar-refractivity contribution in [1.82, 2.24) is 20.3 Å². The Kier molecular flexibility index (Phi) is 5.54. The average molecular weight is 384 g/mol. The molecule has 2 atom stereocenters. The topological polar surface area (TPSA) is 108 Å². The molecule has 2 aliphatic rings. The van der Waals surface area contributed by atoms with Gasteiger partial charge >= 0.3 is 0 Å². The Morgan fingerprint density at radius 2 is 1.96 bits per heavy atom. The smallest absolute Gasteiger partial charge is 0.243 e. The lowest BCUT2D eigenvalue weighted by Crippen LogP contribution is -2.62. The average Bonchev–Trinajstić information content (AvgIpc) is 2.64. The van der Waals surface area contributed by atoms with E-state index in [4.69, 9.17) is 0 Å². The van der Waals surface area contributed by atoms with Crippen molar-refractivity contribution in [3.05, 3.63) is 30.1 Å². The van der Waals surface area contributed by atoms with Gasteiger partial charge < -0.3 is 16.0 Å². The minimum Gasteiger partial charge on any atom is -0.354 e. The lowest BCUT2D eigenvalue weighted by atomic mass is 10.1. The first kappa shape index (κ1) is 18.7. The van der Waals surface area contributed by atoms with Gasteiger partial charge in [-0.05, 0) is 37.1 Å². The Morgan fingerprint density at radius 1 is 1.23 bits per heavy atom. The molecule has 0 unspecified atom stereocenters. The summed E-state index contributed by atoms with van der Waals surface area (Å²) >= 11 is 0. The maximum Gasteiger partial charge on any atom is 0.243 e. The molecule has 0 bridgehead atoms. The third kappa shape index (κ3) is 3.87. The summed E-state index contributed by atoms with van der Waals surface area (Å²) in [6, 6.07) is 2.85. The Hall–Kier alpha value is -2.04. The molecule has 0 saturated carbocycles. The summed E-state index contributed by atoms with van der Waals surface area (Å²) in [7, 11) is -3.96. The predicted octanol–water partition coefficient (Wildman–Crippen LogP) is -0.817. The molecule has 0 aromatic heterocycles. The van der Waals surface area contributed by atoms with E-state index in [0.29, 0.717) is 19.5 Å². The molecule has 2 fully saturated rings. The zero-order valence-electron chi connectivity index (χ0n) is 14.1. The van der Waals surface area contributed by atoms with Gasteiger partial charge in [0.1, 0.15) is 17.9 Å². The van der Waals surface area contributed by atoms with Crippen LogP contribution >= 0.6 is 0 Å². The highest BCUT2D eigenvalue weighted by atomic mass is 32.2. The van der Waals surface area contributed by atoms with Gasteiger partial charge in [0, 0.05) is 26.2 Å². The molecule has 1 aromatic carbocycles. The van der Waals surface area contributed by atoms with Gasteiger partial charge in [0.15, 0.2) is 0 Å². The number of piperazine rings is 1. The van der Waals surface area contributed by atoms with Gasteiger partial charge in [-0.1, -0.05) is 0 Å². The lowest BCUT2D eigenvalue weighted by molar-refractivity contribution is -0.132. The van der Waals surface area contributed by atoms with Crippen molar-refractivity contribution in [1.29, 1.82) is 0 Å². The maximum absolute atomic E-state index is 13.1. The third-order valence-electron chi connectivity index (χ3n) is 4.52. The number of rotatable bonds is 4. The molecule has 2 aliphatic heterocycles. The van der Waals surface area contributed by atoms with Gasteiger partial charge in [0.2, 0.25) is 21.8 Å². The number of carbonyl (C=O) groups excluding carboxylic acids is 2. The van der Waals surface area contributed by atoms with E-state index >= 15 is 0 Å². The fourth-order valence-electron chi connectivity index (χ4n) is 3.12. The van der Waals surface area contributed by atoms with Crippen molar-refractivity contribution in [3.8, 4) is 0 Å². The number of piperidine rings is 1. The molecule has 26 heavy (non-hydrogen) atoms. The van der Waals surface area contributed by atoms with Crippen LogP contribution in [-0.4, -0.2) is 62.8 Å². The van der Waals surface area contributed by atoms with E-state index in [-0.39, 0.29) is 23.9 Å². The quantitative estimate of drug-likeness (QED) is 0.629. The summed E-state index contributed by atoms with van der Waals surface area (Å²) in [6.07, 6.45) is 1.26. The number of benzene rings is 1. The van der Waals surface area contributed by atoms with Crippen LogP contribution in [-0.2, 0) is 19.6 Å². The van der Waals surface area contributed by atoms with Crippen molar-refractivity contribution < 1.29 is 22.4 Å². The summed E-state index contributed by atoms with van der Waals surface area (Å²) in [5.41, 5.74) is 0. The molecular formula is C16H21FN4O4S. The van der Waals surface area contributed by atoms with Crippen LogP contribution in [0.4, 0.5) is 4.39 Å². The molecule has 2 saturated heterocycles. The van der Waals surface area contributed by atoms with Crippen LogP contribution in [0.2, 0.25) is 0 Å². The summed E-state index contributed by atoms with van der Waals surface area (Å²) in [5, 5.41) is 8.32. The number of nitrogens with one attached hydrogen (secondary N) is 3. The van der Waals surface area contributed by atoms with Crippen LogP contribution in [0, 0.1) is 5.82 Å². The molecule has 8 nitrogen and oxygen atoms in total. The van der Waals surface area contributed by atoms with Gasteiger partial charge in [0.25, 0.3) is 0 Å². The number of hydrogen-bond acceptors (Lipinski definition) is 5. The molecule has 0 spiro atoms. The predicted molar refractivity (Wildman–Crippen MR) is 91.1 cm³/mol. The van der Waals surface area contributed by atoms with Gasteiger partial charge in [-0.15, -0.1) is 0 Å². The first-order valence-corrected chi connectivity index (χ1v) is 9.90. The molecule has 1 aromatic rings. The van der Waals surface area contributed by atoms with Crippen molar-refractivity contribution >= 4 is 21.8 Å². The Bertz CT molecular complexity index is 784. The Labute approximate surface area is 151 Å². The van der Waals surface area contributed by atoms with Gasteiger partial charge in [-0.3, -0.25) is 9.59 Å². The van der Waals surface area contributed by atoms with Crippen LogP contribution in [0.3, 0.4) is 0 Å². The van der Waals surface area contributed by atoms with E-state index in [1.54, 1.807) is 0 Å². The summed E-state index contributed by atoms with van der Waals surface area (Å²) < 4.78 is 40.0. The van der Waals surface area contributed by atoms with Crippen molar-refractivity contribution in [2.24, 2.45) is 0 Å². The molecular weight excluding hydrogens is 363 g/mol. The summed E-state index contributed by atoms with van der Waals surface area (Å²) in [4.78, 5) is 24.4. The molecule has 2 heterocycles. The molecule has 3 rings (SSSR count). The standard InChI is InChI=1S/C16H21FN4O4S/c17-11-3-5-12(6-4-11)26(24,25)21-9-8-18-10-14(21)16(23)20-13-2-1-7-19-15(13)22/h3-6,13-14,18H,1-2,7-10H2,(H,19,22)(H,20,23)/t13-,14-/m1/s1. The number of nitrogens with zero attached hydrogens (tertiary/aromatic N) is 1. The van der Waals surface area contributed by atoms with Crippen molar-refractivity contribution in [2.75, 3.05) is 26.2 Å². The maximum atomic E-state index is 13.1. The fraction of sp³-hybridized carbons (Fsp3) is 0.500. The second-order valence-electron chi connectivity index (χ2n) is 6.28. The normalized spacial score (nSPS) is 24.7. The summed E-state index contributed by atoms with van der Waals surface area (Å²) in [5.74, 6) is -1.33. The number of amides is 2. The molecule has 10 heteroatoms. The lowest BCUT2D eigenvalue weighted by Gasteiger charge is -2.35. The van der Waals surface area contributed by atoms with Gasteiger partial charge in [-0.25, -0.2) is 12.8 Å². The first-order chi connectivity index (χ1) is 12.4. The van der Waals surface area contributed by atoms with Crippen LogP contribution in [0.15, 0.2) is 29.2 Å². The highest BCUT2D eigenvalue weighted by molar-refractivity contribution is 7.89. The number of halogens is 1. The zero-order valence-corrected chi connectivity index (χ0v) is 14.9. The second kappa shape index (κ2) is 7.68. The van der Waals surface area contributed by atoms with Crippen molar-refractivity contribution in [2.45, 2.75) is 29.8 Å². The van der Waals surface area contributed by atoms with E-state index in [1.165, 1.54) is 12.1 Å². The van der Waals surface area contributed by atoms with Crippen LogP contribution in [0.5, 0.6) is 0 Å². The van der Waals surface area contributed by atoms with Gasteiger partial charge in [-0.2, -0.15) is 4.31 Å². The zero-order chi connectivity index (χ0) is 18.7. The number of sulfonamides is 1. The minimum atomic E-state index is -3.96. The molecule has 0 aliphatic carbocycles. The second-order valence-corrected chi connectivity index (χ2v) is 8.17. The van der Waals surface area contributed by atoms with Crippen LogP contribution in [0.1, 0.15) is 12.8 Å². The monoisotopic (exact) mass is 384 g/mol. The van der Waals surface area contributed by atoms with E-state index < -0.39 is 33.8 Å². The molecule has 3 N–H and O–H groups in total. The molecule has 0 radical (unpaired) electrons. The highest BCUT2D eigenvalue weighted by Crippen LogP contribution is 2.20. The van der Waals surface area contributed by atoms with E-state index in [9.17, 15) is 22.4 Å². The van der Waals surface area contributed by atoms with Crippen LogP contribution < -0.4 is 16.0 Å². The number of hydrogen-bond donors (Lipinski definition) is 3. The summed E-state index contributed by atoms with van der Waals surface area (Å²) in [6.45, 7) is 1.21. The Balaban J connectivity index is 1.79. The minimum absolute atomic E-state index is 0.0750. The Morgan fingerprint density at radius 3 is 2.65 bits per heavy atom. The first-order valence-electron chi connectivity index (χ1n) is 8.46. The SMILES string of the molecule is O=C(N[C@@H]1CCCNC1=O)[C@H]1CNCCN1S(=O)(=O)c1ccc(F)cc1. The fourth-order valence-corrected chi connectivity index (χ4v) is 4.70. The largest absolute Gasteiger partial charge is 0.354 e. The third-order valence-corrected chi connectivity index (χ3v) is 6.44. The molecule has 2 amide bonds.